The fourth-order valence-corrected chi connectivity index (χ4v) is 4.17. The van der Waals surface area contributed by atoms with Crippen LogP contribution in [0, 0.1) is 12.8 Å². The second-order valence-corrected chi connectivity index (χ2v) is 6.40. The maximum absolute atomic E-state index is 5.94. The van der Waals surface area contributed by atoms with Crippen LogP contribution >= 0.6 is 0 Å². The highest BCUT2D eigenvalue weighted by molar-refractivity contribution is 5.50. The Balaban J connectivity index is 1.83. The molecule has 1 aromatic heterocycles. The van der Waals surface area contributed by atoms with Crippen molar-refractivity contribution in [3.63, 3.8) is 0 Å². The van der Waals surface area contributed by atoms with Gasteiger partial charge in [0.15, 0.2) is 0 Å². The van der Waals surface area contributed by atoms with Gasteiger partial charge in [-0.05, 0) is 45.7 Å². The molecule has 2 aliphatic rings. The van der Waals surface area contributed by atoms with Gasteiger partial charge in [-0.15, -0.1) is 0 Å². The lowest BCUT2D eigenvalue weighted by molar-refractivity contribution is 0.102. The maximum atomic E-state index is 5.94. The van der Waals surface area contributed by atoms with E-state index in [1.54, 1.807) is 0 Å². The summed E-state index contributed by atoms with van der Waals surface area (Å²) >= 11 is 0. The third-order valence-corrected chi connectivity index (χ3v) is 5.16. The molecule has 2 saturated heterocycles. The van der Waals surface area contributed by atoms with E-state index < -0.39 is 0 Å². The molecule has 0 aliphatic carbocycles. The molecular formula is C15H27N5. The summed E-state index contributed by atoms with van der Waals surface area (Å²) in [7, 11) is 4.33. The van der Waals surface area contributed by atoms with Gasteiger partial charge in [-0.2, -0.15) is 5.10 Å². The lowest BCUT2D eigenvalue weighted by Crippen LogP contribution is -2.53. The number of aryl methyl sites for hydroxylation is 2. The Bertz CT molecular complexity index is 481. The van der Waals surface area contributed by atoms with Crippen LogP contribution < -0.4 is 10.6 Å². The molecule has 20 heavy (non-hydrogen) atoms. The average molecular weight is 277 g/mol. The van der Waals surface area contributed by atoms with Crippen LogP contribution in [0.25, 0.3) is 0 Å². The minimum absolute atomic E-state index is 0.583. The van der Waals surface area contributed by atoms with Crippen molar-refractivity contribution >= 4 is 5.82 Å². The topological polar surface area (TPSA) is 50.3 Å². The standard InChI is InChI=1S/C15H27N5/c1-11-13(9-16)15(19(3)17-11)20-8-6-14-12(10-20)5-4-7-18(14)2/h12,14H,4-10,16H2,1-3H3. The number of anilines is 1. The molecule has 2 unspecified atom stereocenters. The minimum atomic E-state index is 0.583. The van der Waals surface area contributed by atoms with Crippen molar-refractivity contribution in [1.29, 1.82) is 0 Å². The van der Waals surface area contributed by atoms with E-state index in [1.165, 1.54) is 37.2 Å². The van der Waals surface area contributed by atoms with E-state index in [2.05, 4.69) is 28.9 Å². The van der Waals surface area contributed by atoms with Crippen LogP contribution in [0.15, 0.2) is 0 Å². The lowest BCUT2D eigenvalue weighted by Gasteiger charge is -2.46. The summed E-state index contributed by atoms with van der Waals surface area (Å²) in [5, 5.41) is 4.56. The van der Waals surface area contributed by atoms with Crippen LogP contribution in [-0.2, 0) is 13.6 Å². The average Bonchev–Trinajstić information content (AvgIpc) is 2.72. The van der Waals surface area contributed by atoms with E-state index in [1.807, 2.05) is 11.7 Å². The summed E-state index contributed by atoms with van der Waals surface area (Å²) in [6, 6.07) is 0.774. The van der Waals surface area contributed by atoms with Crippen molar-refractivity contribution in [2.75, 3.05) is 31.6 Å². The van der Waals surface area contributed by atoms with Crippen LogP contribution in [0.3, 0.4) is 0 Å². The minimum Gasteiger partial charge on any atom is -0.356 e. The van der Waals surface area contributed by atoms with Crippen LogP contribution in [0.2, 0.25) is 0 Å². The van der Waals surface area contributed by atoms with Gasteiger partial charge in [-0.25, -0.2) is 0 Å². The van der Waals surface area contributed by atoms with Gasteiger partial charge < -0.3 is 15.5 Å². The molecule has 0 bridgehead atoms. The zero-order chi connectivity index (χ0) is 14.3. The SMILES string of the molecule is Cc1nn(C)c(N2CCC3C(CCCN3C)C2)c1CN. The zero-order valence-corrected chi connectivity index (χ0v) is 13.0. The van der Waals surface area contributed by atoms with Gasteiger partial charge in [0.25, 0.3) is 0 Å². The normalized spacial score (nSPS) is 27.7. The fraction of sp³-hybridized carbons (Fsp3) is 0.800. The number of hydrogen-bond donors (Lipinski definition) is 1. The van der Waals surface area contributed by atoms with Crippen molar-refractivity contribution in [2.45, 2.75) is 38.8 Å². The first-order valence-corrected chi connectivity index (χ1v) is 7.79. The van der Waals surface area contributed by atoms with Gasteiger partial charge in [-0.1, -0.05) is 0 Å². The van der Waals surface area contributed by atoms with Gasteiger partial charge >= 0.3 is 0 Å². The molecule has 0 radical (unpaired) electrons. The monoisotopic (exact) mass is 277 g/mol. The molecule has 0 saturated carbocycles. The predicted molar refractivity (Wildman–Crippen MR) is 81.8 cm³/mol. The second-order valence-electron chi connectivity index (χ2n) is 6.40. The van der Waals surface area contributed by atoms with Crippen molar-refractivity contribution in [3.8, 4) is 0 Å². The number of aromatic nitrogens is 2. The van der Waals surface area contributed by atoms with E-state index in [4.69, 9.17) is 5.73 Å². The Morgan fingerprint density at radius 1 is 1.25 bits per heavy atom. The molecule has 2 N–H and O–H groups in total. The number of rotatable bonds is 2. The first-order valence-electron chi connectivity index (χ1n) is 7.79. The molecule has 2 fully saturated rings. The molecule has 0 aromatic carbocycles. The third kappa shape index (κ3) is 2.23. The van der Waals surface area contributed by atoms with Crippen molar-refractivity contribution in [1.82, 2.24) is 14.7 Å². The molecule has 3 rings (SSSR count). The van der Waals surface area contributed by atoms with Gasteiger partial charge in [0.05, 0.1) is 5.69 Å². The number of nitrogens with two attached hydrogens (primary N) is 1. The van der Waals surface area contributed by atoms with Gasteiger partial charge in [0.2, 0.25) is 0 Å². The van der Waals surface area contributed by atoms with Gasteiger partial charge in [0, 0.05) is 38.3 Å². The predicted octanol–water partition coefficient (Wildman–Crippen LogP) is 1.11. The van der Waals surface area contributed by atoms with Crippen LogP contribution in [0.1, 0.15) is 30.5 Å². The molecule has 112 valence electrons. The third-order valence-electron chi connectivity index (χ3n) is 5.16. The molecule has 5 heteroatoms. The fourth-order valence-electron chi connectivity index (χ4n) is 4.17. The quantitative estimate of drug-likeness (QED) is 0.880. The number of piperidine rings is 2. The number of nitrogens with zero attached hydrogens (tertiary/aromatic N) is 4. The van der Waals surface area contributed by atoms with E-state index in [0.717, 1.165) is 30.7 Å². The van der Waals surface area contributed by atoms with Crippen molar-refractivity contribution in [2.24, 2.45) is 18.7 Å². The molecule has 2 atom stereocenters. The molecule has 5 nitrogen and oxygen atoms in total. The first kappa shape index (κ1) is 13.9. The van der Waals surface area contributed by atoms with Crippen LogP contribution in [0.5, 0.6) is 0 Å². The second kappa shape index (κ2) is 5.37. The van der Waals surface area contributed by atoms with Crippen LogP contribution in [0.4, 0.5) is 5.82 Å². The van der Waals surface area contributed by atoms with E-state index >= 15 is 0 Å². The molecule has 1 aromatic rings. The van der Waals surface area contributed by atoms with Crippen molar-refractivity contribution in [3.05, 3.63) is 11.3 Å². The highest BCUT2D eigenvalue weighted by Gasteiger charge is 2.35. The molecular weight excluding hydrogens is 250 g/mol. The highest BCUT2D eigenvalue weighted by Crippen LogP contribution is 2.33. The summed E-state index contributed by atoms with van der Waals surface area (Å²) in [5.41, 5.74) is 8.23. The zero-order valence-electron chi connectivity index (χ0n) is 13.0. The summed E-state index contributed by atoms with van der Waals surface area (Å²) in [5.74, 6) is 2.04. The first-order chi connectivity index (χ1) is 9.61. The number of hydrogen-bond acceptors (Lipinski definition) is 4. The Morgan fingerprint density at radius 3 is 2.80 bits per heavy atom. The lowest BCUT2D eigenvalue weighted by atomic mass is 9.84. The Kier molecular flexibility index (Phi) is 3.73. The Morgan fingerprint density at radius 2 is 2.05 bits per heavy atom. The van der Waals surface area contributed by atoms with E-state index in [9.17, 15) is 0 Å². The molecule has 3 heterocycles. The summed E-state index contributed by atoms with van der Waals surface area (Å²) < 4.78 is 2.02. The smallest absolute Gasteiger partial charge is 0.131 e. The molecule has 0 spiro atoms. The van der Waals surface area contributed by atoms with Gasteiger partial charge in [0.1, 0.15) is 5.82 Å². The summed E-state index contributed by atoms with van der Waals surface area (Å²) in [6.07, 6.45) is 3.95. The Labute approximate surface area is 121 Å². The highest BCUT2D eigenvalue weighted by atomic mass is 15.4. The summed E-state index contributed by atoms with van der Waals surface area (Å²) in [4.78, 5) is 5.08. The number of likely N-dealkylation sites (tertiary alicyclic amines) is 1. The van der Waals surface area contributed by atoms with Crippen LogP contribution in [-0.4, -0.2) is 47.4 Å². The Hall–Kier alpha value is -1.07. The number of fused-ring (bicyclic) bond motifs is 1. The maximum Gasteiger partial charge on any atom is 0.131 e. The molecule has 0 amide bonds. The van der Waals surface area contributed by atoms with Gasteiger partial charge in [-0.3, -0.25) is 4.68 Å². The van der Waals surface area contributed by atoms with E-state index in [0.29, 0.717) is 6.54 Å². The molecule has 2 aliphatic heterocycles. The van der Waals surface area contributed by atoms with Crippen molar-refractivity contribution < 1.29 is 0 Å². The van der Waals surface area contributed by atoms with E-state index in [-0.39, 0.29) is 0 Å². The largest absolute Gasteiger partial charge is 0.356 e. The summed E-state index contributed by atoms with van der Waals surface area (Å²) in [6.45, 7) is 6.19.